The van der Waals surface area contributed by atoms with Crippen LogP contribution in [0, 0.1) is 0 Å². The van der Waals surface area contributed by atoms with Crippen LogP contribution in [-0.2, 0) is 33.7 Å². The SMILES string of the molecule is O=C1CCC(Nc2ccc(N3CCN(C(=O)CCCCCCCCCCC(=O)OOC(=O)C(F)(F)F)CC3)cc2)C(=O)N1. The number of rotatable bonds is 14. The van der Waals surface area contributed by atoms with E-state index in [1.54, 1.807) is 0 Å². The van der Waals surface area contributed by atoms with Crippen molar-refractivity contribution in [1.29, 1.82) is 0 Å². The fraction of sp³-hybridized carbons (Fsp3) is 0.621. The number of hydrogen-bond donors (Lipinski definition) is 2. The smallest absolute Gasteiger partial charge is 0.374 e. The van der Waals surface area contributed by atoms with Crippen LogP contribution in [0.15, 0.2) is 24.3 Å². The van der Waals surface area contributed by atoms with Gasteiger partial charge in [-0.25, -0.2) is 19.4 Å². The number of amides is 3. The number of carbonyl (C=O) groups is 5. The van der Waals surface area contributed by atoms with Crippen molar-refractivity contribution < 1.29 is 46.9 Å². The zero-order valence-electron chi connectivity index (χ0n) is 24.1. The van der Waals surface area contributed by atoms with Crippen LogP contribution < -0.4 is 15.5 Å². The first-order valence-electron chi connectivity index (χ1n) is 14.7. The number of imide groups is 1. The first-order valence-corrected chi connectivity index (χ1v) is 14.7. The third-order valence-electron chi connectivity index (χ3n) is 7.41. The molecule has 2 aliphatic rings. The highest BCUT2D eigenvalue weighted by Crippen LogP contribution is 2.22. The highest BCUT2D eigenvalue weighted by molar-refractivity contribution is 6.01. The van der Waals surface area contributed by atoms with E-state index in [9.17, 15) is 37.1 Å². The summed E-state index contributed by atoms with van der Waals surface area (Å²) in [5.41, 5.74) is 1.86. The Morgan fingerprint density at radius 3 is 2.00 bits per heavy atom. The van der Waals surface area contributed by atoms with E-state index in [1.165, 1.54) is 0 Å². The van der Waals surface area contributed by atoms with Crippen molar-refractivity contribution in [1.82, 2.24) is 10.2 Å². The van der Waals surface area contributed by atoms with Crippen LogP contribution in [0.3, 0.4) is 0 Å². The molecule has 1 atom stereocenters. The standard InChI is InChI=1S/C29H39F3N4O7/c30-29(31,32)28(41)43-42-26(39)10-8-6-4-2-1-3-5-7-9-25(38)36-19-17-35(18-20-36)22-13-11-21(12-14-22)33-23-15-16-24(37)34-27(23)40/h11-14,23,33H,1-10,15-20H2,(H,34,37,40). The van der Waals surface area contributed by atoms with Gasteiger partial charge in [-0.1, -0.05) is 38.5 Å². The molecule has 1 aromatic carbocycles. The molecule has 1 unspecified atom stereocenters. The summed E-state index contributed by atoms with van der Waals surface area (Å²) in [5, 5.41) is 5.51. The van der Waals surface area contributed by atoms with E-state index >= 15 is 0 Å². The number of piperazine rings is 1. The molecule has 11 nitrogen and oxygen atoms in total. The molecule has 0 bridgehead atoms. The van der Waals surface area contributed by atoms with Gasteiger partial charge >= 0.3 is 18.1 Å². The van der Waals surface area contributed by atoms with Crippen LogP contribution in [0.1, 0.15) is 77.0 Å². The van der Waals surface area contributed by atoms with E-state index in [4.69, 9.17) is 0 Å². The van der Waals surface area contributed by atoms with Crippen molar-refractivity contribution in [3.63, 3.8) is 0 Å². The molecule has 2 fully saturated rings. The number of unbranched alkanes of at least 4 members (excludes halogenated alkanes) is 7. The molecule has 3 rings (SSSR count). The molecular formula is C29H39F3N4O7. The lowest BCUT2D eigenvalue weighted by Crippen LogP contribution is -2.48. The Bertz CT molecular complexity index is 1110. The van der Waals surface area contributed by atoms with Crippen LogP contribution >= 0.6 is 0 Å². The maximum absolute atomic E-state index is 12.6. The van der Waals surface area contributed by atoms with Crippen LogP contribution in [-0.4, -0.2) is 73.0 Å². The number of nitrogens with one attached hydrogen (secondary N) is 2. The number of benzene rings is 1. The van der Waals surface area contributed by atoms with Gasteiger partial charge in [0.1, 0.15) is 6.04 Å². The van der Waals surface area contributed by atoms with Gasteiger partial charge in [-0.3, -0.25) is 19.7 Å². The fourth-order valence-corrected chi connectivity index (χ4v) is 4.95. The average molecular weight is 613 g/mol. The molecule has 238 valence electrons. The Morgan fingerprint density at radius 2 is 1.42 bits per heavy atom. The van der Waals surface area contributed by atoms with E-state index in [2.05, 4.69) is 25.3 Å². The highest BCUT2D eigenvalue weighted by atomic mass is 19.4. The van der Waals surface area contributed by atoms with E-state index in [0.717, 1.165) is 63.0 Å². The van der Waals surface area contributed by atoms with Crippen molar-refractivity contribution in [2.75, 3.05) is 36.4 Å². The minimum absolute atomic E-state index is 0.127. The van der Waals surface area contributed by atoms with Gasteiger partial charge in [0.05, 0.1) is 6.42 Å². The number of anilines is 2. The number of alkyl halides is 3. The van der Waals surface area contributed by atoms with E-state index < -0.39 is 24.2 Å². The number of hydrogen-bond acceptors (Lipinski definition) is 9. The third kappa shape index (κ3) is 11.8. The molecule has 2 aliphatic heterocycles. The summed E-state index contributed by atoms with van der Waals surface area (Å²) in [5.74, 6) is -3.96. The summed E-state index contributed by atoms with van der Waals surface area (Å²) >= 11 is 0. The van der Waals surface area contributed by atoms with E-state index in [-0.39, 0.29) is 24.1 Å². The van der Waals surface area contributed by atoms with Gasteiger partial charge in [-0.15, -0.1) is 0 Å². The van der Waals surface area contributed by atoms with Gasteiger partial charge in [0.25, 0.3) is 0 Å². The fourth-order valence-electron chi connectivity index (χ4n) is 4.95. The van der Waals surface area contributed by atoms with E-state index in [0.29, 0.717) is 45.2 Å². The minimum Gasteiger partial charge on any atom is -0.374 e. The second-order valence-electron chi connectivity index (χ2n) is 10.7. The summed E-state index contributed by atoms with van der Waals surface area (Å²) in [7, 11) is 0. The number of carbonyl (C=O) groups excluding carboxylic acids is 5. The van der Waals surface area contributed by atoms with Gasteiger partial charge in [-0.05, 0) is 43.5 Å². The summed E-state index contributed by atoms with van der Waals surface area (Å²) < 4.78 is 35.9. The van der Waals surface area contributed by atoms with Crippen molar-refractivity contribution in [3.05, 3.63) is 24.3 Å². The molecule has 43 heavy (non-hydrogen) atoms. The molecule has 2 saturated heterocycles. The molecule has 0 aliphatic carbocycles. The first kappa shape index (κ1) is 33.7. The quantitative estimate of drug-likeness (QED) is 0.138. The zero-order chi connectivity index (χ0) is 31.2. The van der Waals surface area contributed by atoms with Gasteiger partial charge in [0.15, 0.2) is 0 Å². The number of piperidine rings is 1. The second kappa shape index (κ2) is 16.7. The van der Waals surface area contributed by atoms with Gasteiger partial charge < -0.3 is 15.1 Å². The first-order chi connectivity index (χ1) is 20.5. The third-order valence-corrected chi connectivity index (χ3v) is 7.41. The Morgan fingerprint density at radius 1 is 0.837 bits per heavy atom. The Kier molecular flexibility index (Phi) is 13.1. The summed E-state index contributed by atoms with van der Waals surface area (Å²) in [6.45, 7) is 2.80. The predicted octanol–water partition coefficient (Wildman–Crippen LogP) is 4.02. The van der Waals surface area contributed by atoms with Crippen LogP contribution in [0.2, 0.25) is 0 Å². The predicted molar refractivity (Wildman–Crippen MR) is 149 cm³/mol. The molecule has 2 N–H and O–H groups in total. The van der Waals surface area contributed by atoms with Crippen molar-refractivity contribution in [3.8, 4) is 0 Å². The molecule has 0 aromatic heterocycles. The number of nitrogens with zero attached hydrogens (tertiary/aromatic N) is 2. The molecule has 0 saturated carbocycles. The minimum atomic E-state index is -5.21. The van der Waals surface area contributed by atoms with Crippen molar-refractivity contribution in [2.24, 2.45) is 0 Å². The summed E-state index contributed by atoms with van der Waals surface area (Å²) in [6, 6.07) is 7.38. The Balaban J connectivity index is 1.18. The van der Waals surface area contributed by atoms with Crippen LogP contribution in [0.4, 0.5) is 24.5 Å². The second-order valence-corrected chi connectivity index (χ2v) is 10.7. The Labute approximate surface area is 248 Å². The normalized spacial score (nSPS) is 17.3. The van der Waals surface area contributed by atoms with Gasteiger partial charge in [0.2, 0.25) is 17.7 Å². The summed E-state index contributed by atoms with van der Waals surface area (Å²) in [6.07, 6.45) is 2.65. The molecule has 3 amide bonds. The average Bonchev–Trinajstić information content (AvgIpc) is 2.98. The molecule has 2 heterocycles. The van der Waals surface area contributed by atoms with Gasteiger partial charge in [0, 0.05) is 50.4 Å². The van der Waals surface area contributed by atoms with Gasteiger partial charge in [-0.2, -0.15) is 13.2 Å². The highest BCUT2D eigenvalue weighted by Gasteiger charge is 2.43. The lowest BCUT2D eigenvalue weighted by Gasteiger charge is -2.36. The molecular weight excluding hydrogens is 573 g/mol. The number of halogens is 3. The largest absolute Gasteiger partial charge is 0.495 e. The topological polar surface area (TPSA) is 134 Å². The molecule has 0 spiro atoms. The van der Waals surface area contributed by atoms with Crippen molar-refractivity contribution >= 4 is 41.0 Å². The van der Waals surface area contributed by atoms with E-state index in [1.807, 2.05) is 29.2 Å². The van der Waals surface area contributed by atoms with Crippen molar-refractivity contribution in [2.45, 2.75) is 89.3 Å². The maximum Gasteiger partial charge on any atom is 0.495 e. The zero-order valence-corrected chi connectivity index (χ0v) is 24.1. The molecule has 1 aromatic rings. The monoisotopic (exact) mass is 612 g/mol. The maximum atomic E-state index is 12.6. The molecule has 14 heteroatoms. The Hall–Kier alpha value is -3.84. The van der Waals surface area contributed by atoms with Crippen LogP contribution in [0.5, 0.6) is 0 Å². The summed E-state index contributed by atoms with van der Waals surface area (Å²) in [4.78, 5) is 69.1. The lowest BCUT2D eigenvalue weighted by molar-refractivity contribution is -0.285. The van der Waals surface area contributed by atoms with Crippen LogP contribution in [0.25, 0.3) is 0 Å². The molecule has 0 radical (unpaired) electrons. The lowest BCUT2D eigenvalue weighted by atomic mass is 10.1.